The Morgan fingerprint density at radius 2 is 2.18 bits per heavy atom. The van der Waals surface area contributed by atoms with E-state index in [1.165, 1.54) is 19.9 Å². The molecule has 1 spiro atoms. The quantitative estimate of drug-likeness (QED) is 0.767. The molecule has 1 unspecified atom stereocenters. The van der Waals surface area contributed by atoms with Crippen molar-refractivity contribution in [1.29, 1.82) is 0 Å². The van der Waals surface area contributed by atoms with E-state index in [1.54, 1.807) is 19.6 Å². The van der Waals surface area contributed by atoms with E-state index in [4.69, 9.17) is 4.74 Å². The number of morpholine rings is 1. The first-order chi connectivity index (χ1) is 10.4. The summed E-state index contributed by atoms with van der Waals surface area (Å²) in [5, 5.41) is 8.86. The molecule has 1 aromatic heterocycles. The van der Waals surface area contributed by atoms with Gasteiger partial charge in [0.05, 0.1) is 18.8 Å². The molecular formula is C12H21N5O3S2. The lowest BCUT2D eigenvalue weighted by molar-refractivity contribution is -0.0957. The molecule has 3 rings (SSSR count). The summed E-state index contributed by atoms with van der Waals surface area (Å²) in [4.78, 5) is 2.15. The lowest BCUT2D eigenvalue weighted by atomic mass is 9.92. The van der Waals surface area contributed by atoms with E-state index in [0.29, 0.717) is 26.2 Å². The molecule has 0 bridgehead atoms. The van der Waals surface area contributed by atoms with Crippen LogP contribution < -0.4 is 4.90 Å². The Labute approximate surface area is 134 Å². The summed E-state index contributed by atoms with van der Waals surface area (Å²) in [7, 11) is -0.281. The zero-order chi connectivity index (χ0) is 15.8. The van der Waals surface area contributed by atoms with Gasteiger partial charge in [-0.05, 0) is 12.8 Å². The summed E-state index contributed by atoms with van der Waals surface area (Å²) in [6.45, 7) is 2.78. The van der Waals surface area contributed by atoms with Crippen LogP contribution in [-0.4, -0.2) is 79.7 Å². The monoisotopic (exact) mass is 347 g/mol. The Balaban J connectivity index is 1.78. The van der Waals surface area contributed by atoms with Crippen LogP contribution in [0.1, 0.15) is 12.8 Å². The number of hydrogen-bond acceptors (Lipinski definition) is 7. The fourth-order valence-corrected chi connectivity index (χ4v) is 4.80. The van der Waals surface area contributed by atoms with Crippen molar-refractivity contribution in [3.05, 3.63) is 5.51 Å². The second-order valence-corrected chi connectivity index (χ2v) is 8.86. The SMILES string of the molecule is CN(C)S(=O)(=O)N1CCOC2(CCCN(c3nncs3)C2)C1. The van der Waals surface area contributed by atoms with Gasteiger partial charge in [0.25, 0.3) is 10.2 Å². The minimum Gasteiger partial charge on any atom is -0.370 e. The minimum absolute atomic E-state index is 0.392. The average Bonchev–Trinajstić information content (AvgIpc) is 3.01. The average molecular weight is 347 g/mol. The molecule has 2 saturated heterocycles. The Bertz CT molecular complexity index is 602. The Morgan fingerprint density at radius 3 is 2.86 bits per heavy atom. The molecule has 0 amide bonds. The molecule has 3 heterocycles. The fourth-order valence-electron chi connectivity index (χ4n) is 3.05. The van der Waals surface area contributed by atoms with Crippen LogP contribution in [0.5, 0.6) is 0 Å². The van der Waals surface area contributed by atoms with Crippen LogP contribution in [0.15, 0.2) is 5.51 Å². The summed E-state index contributed by atoms with van der Waals surface area (Å²) in [6, 6.07) is 0. The first-order valence-electron chi connectivity index (χ1n) is 7.26. The first-order valence-corrected chi connectivity index (χ1v) is 9.53. The lowest BCUT2D eigenvalue weighted by Crippen LogP contribution is -2.61. The van der Waals surface area contributed by atoms with Gasteiger partial charge in [-0.2, -0.15) is 17.0 Å². The topological polar surface area (TPSA) is 78.9 Å². The van der Waals surface area contributed by atoms with Gasteiger partial charge in [0.2, 0.25) is 5.13 Å². The third kappa shape index (κ3) is 2.98. The van der Waals surface area contributed by atoms with Crippen molar-refractivity contribution in [3.63, 3.8) is 0 Å². The lowest BCUT2D eigenvalue weighted by Gasteiger charge is -2.47. The molecule has 1 atom stereocenters. The van der Waals surface area contributed by atoms with Gasteiger partial charge in [-0.25, -0.2) is 0 Å². The van der Waals surface area contributed by atoms with Gasteiger partial charge >= 0.3 is 0 Å². The Hall–Kier alpha value is -0.810. The summed E-state index contributed by atoms with van der Waals surface area (Å²) >= 11 is 1.50. The van der Waals surface area contributed by atoms with Crippen molar-refractivity contribution in [2.24, 2.45) is 0 Å². The highest BCUT2D eigenvalue weighted by Gasteiger charge is 2.44. The molecule has 0 radical (unpaired) electrons. The van der Waals surface area contributed by atoms with E-state index in [1.807, 2.05) is 0 Å². The van der Waals surface area contributed by atoms with Crippen LogP contribution in [0.2, 0.25) is 0 Å². The predicted molar refractivity (Wildman–Crippen MR) is 84.2 cm³/mol. The number of rotatable bonds is 3. The van der Waals surface area contributed by atoms with Crippen LogP contribution in [0.4, 0.5) is 5.13 Å². The summed E-state index contributed by atoms with van der Waals surface area (Å²) in [6.07, 6.45) is 1.82. The standard InChI is InChI=1S/C12H21N5O3S2/c1-15(2)22(18,19)17-6-7-20-12(9-17)4-3-5-16(8-12)11-14-13-10-21-11/h10H,3-9H2,1-2H3. The second-order valence-electron chi connectivity index (χ2n) is 5.90. The van der Waals surface area contributed by atoms with Gasteiger partial charge in [0.15, 0.2) is 0 Å². The molecule has 0 aromatic carbocycles. The van der Waals surface area contributed by atoms with Crippen molar-refractivity contribution in [2.75, 3.05) is 51.8 Å². The fraction of sp³-hybridized carbons (Fsp3) is 0.833. The summed E-state index contributed by atoms with van der Waals surface area (Å²) < 4.78 is 33.6. The van der Waals surface area contributed by atoms with Gasteiger partial charge in [-0.1, -0.05) is 11.3 Å². The van der Waals surface area contributed by atoms with Crippen LogP contribution in [-0.2, 0) is 14.9 Å². The number of hydrogen-bond donors (Lipinski definition) is 0. The number of anilines is 1. The molecule has 0 saturated carbocycles. The van der Waals surface area contributed by atoms with Crippen LogP contribution in [0.25, 0.3) is 0 Å². The largest absolute Gasteiger partial charge is 0.370 e. The first kappa shape index (κ1) is 16.1. The third-order valence-electron chi connectivity index (χ3n) is 4.16. The second kappa shape index (κ2) is 6.00. The molecular weight excluding hydrogens is 326 g/mol. The van der Waals surface area contributed by atoms with E-state index in [-0.39, 0.29) is 0 Å². The van der Waals surface area contributed by atoms with E-state index >= 15 is 0 Å². The normalized spacial score (nSPS) is 27.7. The van der Waals surface area contributed by atoms with Crippen molar-refractivity contribution >= 4 is 26.7 Å². The highest BCUT2D eigenvalue weighted by atomic mass is 32.2. The number of aromatic nitrogens is 2. The maximum Gasteiger partial charge on any atom is 0.281 e. The molecule has 2 fully saturated rings. The minimum atomic E-state index is -3.40. The van der Waals surface area contributed by atoms with E-state index < -0.39 is 15.8 Å². The molecule has 10 heteroatoms. The highest BCUT2D eigenvalue weighted by molar-refractivity contribution is 7.86. The van der Waals surface area contributed by atoms with E-state index in [2.05, 4.69) is 15.1 Å². The van der Waals surface area contributed by atoms with Crippen LogP contribution >= 0.6 is 11.3 Å². The van der Waals surface area contributed by atoms with Crippen molar-refractivity contribution in [1.82, 2.24) is 18.8 Å². The molecule has 0 N–H and O–H groups in total. The number of ether oxygens (including phenoxy) is 1. The molecule has 22 heavy (non-hydrogen) atoms. The highest BCUT2D eigenvalue weighted by Crippen LogP contribution is 2.33. The number of nitrogens with zero attached hydrogens (tertiary/aromatic N) is 5. The molecule has 0 aliphatic carbocycles. The molecule has 2 aliphatic rings. The van der Waals surface area contributed by atoms with Gasteiger partial charge in [0, 0.05) is 33.7 Å². The van der Waals surface area contributed by atoms with Crippen molar-refractivity contribution in [3.8, 4) is 0 Å². The molecule has 124 valence electrons. The molecule has 1 aromatic rings. The van der Waals surface area contributed by atoms with Gasteiger partial charge < -0.3 is 9.64 Å². The predicted octanol–water partition coefficient (Wildman–Crippen LogP) is 0.0157. The molecule has 2 aliphatic heterocycles. The number of piperidine rings is 1. The van der Waals surface area contributed by atoms with E-state index in [9.17, 15) is 8.42 Å². The van der Waals surface area contributed by atoms with Gasteiger partial charge in [-0.3, -0.25) is 0 Å². The van der Waals surface area contributed by atoms with Gasteiger partial charge in [-0.15, -0.1) is 10.2 Å². The maximum atomic E-state index is 12.4. The Kier molecular flexibility index (Phi) is 4.38. The summed E-state index contributed by atoms with van der Waals surface area (Å²) in [5.74, 6) is 0. The van der Waals surface area contributed by atoms with Crippen LogP contribution in [0.3, 0.4) is 0 Å². The third-order valence-corrected chi connectivity index (χ3v) is 6.80. The zero-order valence-electron chi connectivity index (χ0n) is 12.8. The summed E-state index contributed by atoms with van der Waals surface area (Å²) in [5.41, 5.74) is 1.26. The van der Waals surface area contributed by atoms with E-state index in [0.717, 1.165) is 24.5 Å². The Morgan fingerprint density at radius 1 is 1.36 bits per heavy atom. The molecule has 8 nitrogen and oxygen atoms in total. The maximum absolute atomic E-state index is 12.4. The van der Waals surface area contributed by atoms with Crippen molar-refractivity contribution < 1.29 is 13.2 Å². The van der Waals surface area contributed by atoms with Crippen molar-refractivity contribution in [2.45, 2.75) is 18.4 Å². The van der Waals surface area contributed by atoms with Crippen LogP contribution in [0, 0.1) is 0 Å². The zero-order valence-corrected chi connectivity index (χ0v) is 14.4. The smallest absolute Gasteiger partial charge is 0.281 e. The van der Waals surface area contributed by atoms with Gasteiger partial charge in [0.1, 0.15) is 5.51 Å².